The Labute approximate surface area is 115 Å². The number of nitrogens with two attached hydrogens (primary N) is 1. The average molecular weight is 292 g/mol. The van der Waals surface area contributed by atoms with Crippen molar-refractivity contribution in [2.45, 2.75) is 4.90 Å². The quantitative estimate of drug-likeness (QED) is 0.805. The van der Waals surface area contributed by atoms with Crippen LogP contribution in [0.15, 0.2) is 41.8 Å². The van der Waals surface area contributed by atoms with Crippen LogP contribution in [0.4, 0.5) is 11.4 Å². The summed E-state index contributed by atoms with van der Waals surface area (Å²) in [5.74, 6) is -0.489. The van der Waals surface area contributed by atoms with Gasteiger partial charge < -0.3 is 11.1 Å². The molecule has 0 aliphatic carbocycles. The van der Waals surface area contributed by atoms with Crippen LogP contribution in [0.5, 0.6) is 0 Å². The lowest BCUT2D eigenvalue weighted by atomic mass is 10.2. The van der Waals surface area contributed by atoms with Gasteiger partial charge in [0.1, 0.15) is 6.33 Å². The van der Waals surface area contributed by atoms with E-state index in [9.17, 15) is 13.2 Å². The number of nitrogen functional groups attached to an aromatic ring is 1. The molecule has 1 amide bonds. The molecule has 0 atom stereocenters. The van der Waals surface area contributed by atoms with Gasteiger partial charge in [-0.3, -0.25) is 4.79 Å². The molecule has 2 rings (SSSR count). The predicted molar refractivity (Wildman–Crippen MR) is 73.9 cm³/mol. The second-order valence-corrected chi connectivity index (χ2v) is 6.16. The van der Waals surface area contributed by atoms with E-state index in [-0.39, 0.29) is 16.1 Å². The molecule has 7 nitrogen and oxygen atoms in total. The van der Waals surface area contributed by atoms with Crippen molar-refractivity contribution < 1.29 is 13.2 Å². The molecule has 0 saturated heterocycles. The lowest BCUT2D eigenvalue weighted by Crippen LogP contribution is -2.13. The molecule has 1 aromatic heterocycles. The summed E-state index contributed by atoms with van der Waals surface area (Å²) in [5, 5.41) is 2.55. The van der Waals surface area contributed by atoms with Gasteiger partial charge in [-0.25, -0.2) is 18.4 Å². The molecule has 8 heteroatoms. The zero-order chi connectivity index (χ0) is 14.8. The molecule has 0 fully saturated rings. The van der Waals surface area contributed by atoms with E-state index in [1.165, 1.54) is 36.9 Å². The summed E-state index contributed by atoms with van der Waals surface area (Å²) >= 11 is 0. The summed E-state index contributed by atoms with van der Waals surface area (Å²) in [6.45, 7) is 0. The molecule has 0 aliphatic heterocycles. The fourth-order valence-electron chi connectivity index (χ4n) is 1.53. The van der Waals surface area contributed by atoms with Gasteiger partial charge in [-0.15, -0.1) is 0 Å². The van der Waals surface area contributed by atoms with Crippen molar-refractivity contribution in [1.29, 1.82) is 0 Å². The zero-order valence-corrected chi connectivity index (χ0v) is 11.4. The average Bonchev–Trinajstić information content (AvgIpc) is 2.38. The Morgan fingerprint density at radius 2 is 1.85 bits per heavy atom. The standard InChI is InChI=1S/C12H12N4O3S/c1-20(18,19)11-3-8(2-9(13)4-11)12(17)16-10-5-14-7-15-6-10/h2-7H,13H2,1H3,(H,16,17). The van der Waals surface area contributed by atoms with Gasteiger partial charge >= 0.3 is 0 Å². The molecule has 0 aliphatic rings. The molecular formula is C12H12N4O3S. The summed E-state index contributed by atoms with van der Waals surface area (Å²) in [6.07, 6.45) is 5.23. The summed E-state index contributed by atoms with van der Waals surface area (Å²) in [5.41, 5.74) is 6.37. The van der Waals surface area contributed by atoms with E-state index in [0.29, 0.717) is 5.69 Å². The predicted octanol–water partition coefficient (Wildman–Crippen LogP) is 0.715. The van der Waals surface area contributed by atoms with Crippen molar-refractivity contribution in [3.63, 3.8) is 0 Å². The molecule has 104 valence electrons. The van der Waals surface area contributed by atoms with Crippen LogP contribution < -0.4 is 11.1 Å². The molecule has 0 radical (unpaired) electrons. The zero-order valence-electron chi connectivity index (χ0n) is 10.6. The maximum atomic E-state index is 12.0. The van der Waals surface area contributed by atoms with Crippen LogP contribution in [0.3, 0.4) is 0 Å². The summed E-state index contributed by atoms with van der Waals surface area (Å²) in [7, 11) is -3.44. The lowest BCUT2D eigenvalue weighted by molar-refractivity contribution is 0.102. The molecule has 0 unspecified atom stereocenters. The number of nitrogens with one attached hydrogen (secondary N) is 1. The number of carbonyl (C=O) groups excluding carboxylic acids is 1. The molecule has 0 bridgehead atoms. The van der Waals surface area contributed by atoms with Gasteiger partial charge in [0.05, 0.1) is 23.0 Å². The second kappa shape index (κ2) is 5.25. The van der Waals surface area contributed by atoms with Crippen LogP contribution >= 0.6 is 0 Å². The topological polar surface area (TPSA) is 115 Å². The van der Waals surface area contributed by atoms with Crippen molar-refractivity contribution >= 4 is 27.1 Å². The minimum atomic E-state index is -3.44. The van der Waals surface area contributed by atoms with Crippen LogP contribution in [-0.4, -0.2) is 30.5 Å². The number of rotatable bonds is 3. The van der Waals surface area contributed by atoms with Gasteiger partial charge in [0, 0.05) is 17.5 Å². The van der Waals surface area contributed by atoms with Crippen LogP contribution in [-0.2, 0) is 9.84 Å². The highest BCUT2D eigenvalue weighted by atomic mass is 32.2. The van der Waals surface area contributed by atoms with Gasteiger partial charge in [0.2, 0.25) is 0 Å². The number of aromatic nitrogens is 2. The lowest BCUT2D eigenvalue weighted by Gasteiger charge is -2.07. The summed E-state index contributed by atoms with van der Waals surface area (Å²) < 4.78 is 23.0. The molecule has 2 aromatic rings. The first-order valence-corrected chi connectivity index (χ1v) is 7.42. The molecule has 0 spiro atoms. The van der Waals surface area contributed by atoms with Crippen molar-refractivity contribution in [2.75, 3.05) is 17.3 Å². The van der Waals surface area contributed by atoms with E-state index in [0.717, 1.165) is 6.26 Å². The molecule has 20 heavy (non-hydrogen) atoms. The van der Waals surface area contributed by atoms with Crippen LogP contribution in [0.1, 0.15) is 10.4 Å². The number of benzene rings is 1. The third-order valence-electron chi connectivity index (χ3n) is 2.44. The van der Waals surface area contributed by atoms with E-state index in [1.54, 1.807) is 0 Å². The first kappa shape index (κ1) is 13.9. The van der Waals surface area contributed by atoms with Gasteiger partial charge in [0.15, 0.2) is 9.84 Å². The van der Waals surface area contributed by atoms with Crippen LogP contribution in [0.25, 0.3) is 0 Å². The molecule has 1 heterocycles. The van der Waals surface area contributed by atoms with Gasteiger partial charge in [-0.1, -0.05) is 0 Å². The molecule has 3 N–H and O–H groups in total. The fraction of sp³-hybridized carbons (Fsp3) is 0.0833. The Hall–Kier alpha value is -2.48. The van der Waals surface area contributed by atoms with Crippen molar-refractivity contribution in [1.82, 2.24) is 9.97 Å². The smallest absolute Gasteiger partial charge is 0.255 e. The Morgan fingerprint density at radius 3 is 2.45 bits per heavy atom. The Balaban J connectivity index is 2.33. The summed E-state index contributed by atoms with van der Waals surface area (Å²) in [4.78, 5) is 19.5. The minimum Gasteiger partial charge on any atom is -0.399 e. The number of hydrogen-bond donors (Lipinski definition) is 2. The number of nitrogens with zero attached hydrogens (tertiary/aromatic N) is 2. The first-order chi connectivity index (χ1) is 9.36. The Morgan fingerprint density at radius 1 is 1.20 bits per heavy atom. The highest BCUT2D eigenvalue weighted by Gasteiger charge is 2.13. The number of anilines is 2. The molecule has 0 saturated carbocycles. The largest absolute Gasteiger partial charge is 0.399 e. The van der Waals surface area contributed by atoms with E-state index in [4.69, 9.17) is 5.73 Å². The van der Waals surface area contributed by atoms with Crippen LogP contribution in [0.2, 0.25) is 0 Å². The van der Waals surface area contributed by atoms with Crippen molar-refractivity contribution in [3.8, 4) is 0 Å². The number of carbonyl (C=O) groups is 1. The van der Waals surface area contributed by atoms with E-state index >= 15 is 0 Å². The number of sulfone groups is 1. The first-order valence-electron chi connectivity index (χ1n) is 5.53. The van der Waals surface area contributed by atoms with Gasteiger partial charge in [0.25, 0.3) is 5.91 Å². The van der Waals surface area contributed by atoms with E-state index in [2.05, 4.69) is 15.3 Å². The van der Waals surface area contributed by atoms with Gasteiger partial charge in [-0.05, 0) is 18.2 Å². The van der Waals surface area contributed by atoms with E-state index in [1.807, 2.05) is 0 Å². The molecule has 1 aromatic carbocycles. The second-order valence-electron chi connectivity index (χ2n) is 4.14. The Kier molecular flexibility index (Phi) is 3.66. The monoisotopic (exact) mass is 292 g/mol. The van der Waals surface area contributed by atoms with E-state index < -0.39 is 15.7 Å². The summed E-state index contributed by atoms with van der Waals surface area (Å²) in [6, 6.07) is 3.97. The van der Waals surface area contributed by atoms with Crippen LogP contribution in [0, 0.1) is 0 Å². The third kappa shape index (κ3) is 3.29. The SMILES string of the molecule is CS(=O)(=O)c1cc(N)cc(C(=O)Nc2cncnc2)c1. The normalized spacial score (nSPS) is 11.1. The maximum absolute atomic E-state index is 12.0. The molecular weight excluding hydrogens is 280 g/mol. The Bertz CT molecular complexity index is 745. The number of amides is 1. The maximum Gasteiger partial charge on any atom is 0.255 e. The van der Waals surface area contributed by atoms with Gasteiger partial charge in [-0.2, -0.15) is 0 Å². The minimum absolute atomic E-state index is 0.00744. The third-order valence-corrected chi connectivity index (χ3v) is 3.53. The highest BCUT2D eigenvalue weighted by Crippen LogP contribution is 2.17. The fourth-order valence-corrected chi connectivity index (χ4v) is 2.23. The number of hydrogen-bond acceptors (Lipinski definition) is 6. The van der Waals surface area contributed by atoms with Crippen molar-refractivity contribution in [3.05, 3.63) is 42.5 Å². The highest BCUT2D eigenvalue weighted by molar-refractivity contribution is 7.90. The van der Waals surface area contributed by atoms with Crippen molar-refractivity contribution in [2.24, 2.45) is 0 Å².